The lowest BCUT2D eigenvalue weighted by molar-refractivity contribution is 0.415. The van der Waals surface area contributed by atoms with Crippen molar-refractivity contribution in [3.63, 3.8) is 0 Å². The van der Waals surface area contributed by atoms with Crippen LogP contribution in [0.25, 0.3) is 6.08 Å². The Morgan fingerprint density at radius 3 is 2.43 bits per heavy atom. The van der Waals surface area contributed by atoms with Crippen molar-refractivity contribution in [1.82, 2.24) is 4.98 Å². The molecule has 1 N–H and O–H groups in total. The van der Waals surface area contributed by atoms with Gasteiger partial charge in [0, 0.05) is 11.8 Å². The highest BCUT2D eigenvalue weighted by Gasteiger charge is 2.06. The molecular weight excluding hydrogens is 284 g/mol. The van der Waals surface area contributed by atoms with E-state index in [0.29, 0.717) is 5.92 Å². The summed E-state index contributed by atoms with van der Waals surface area (Å²) in [7, 11) is 1.69. The molecule has 3 nitrogen and oxygen atoms in total. The highest BCUT2D eigenvalue weighted by Crippen LogP contribution is 2.29. The molecule has 0 aliphatic rings. The fraction of sp³-hybridized carbons (Fsp3) is 0.350. The Hall–Kier alpha value is -2.29. The van der Waals surface area contributed by atoms with Gasteiger partial charge in [0.15, 0.2) is 0 Å². The molecule has 0 unspecified atom stereocenters. The van der Waals surface area contributed by atoms with Crippen molar-refractivity contribution in [2.75, 3.05) is 7.11 Å². The molecule has 122 valence electrons. The van der Waals surface area contributed by atoms with E-state index in [4.69, 9.17) is 4.74 Å². The number of benzene rings is 1. The van der Waals surface area contributed by atoms with Crippen LogP contribution in [0.1, 0.15) is 41.9 Å². The van der Waals surface area contributed by atoms with Gasteiger partial charge in [0.2, 0.25) is 0 Å². The Kier molecular flexibility index (Phi) is 5.43. The van der Waals surface area contributed by atoms with Crippen LogP contribution in [0.15, 0.2) is 29.3 Å². The number of ether oxygens (including phenoxy) is 1. The molecule has 2 rings (SSSR count). The monoisotopic (exact) mass is 310 g/mol. The van der Waals surface area contributed by atoms with Gasteiger partial charge in [-0.1, -0.05) is 26.0 Å². The number of rotatable bonds is 5. The predicted molar refractivity (Wildman–Crippen MR) is 99.1 cm³/mol. The topological polar surface area (TPSA) is 37.4 Å². The minimum atomic E-state index is 0.511. The summed E-state index contributed by atoms with van der Waals surface area (Å²) >= 11 is 0. The number of aromatic amines is 1. The lowest BCUT2D eigenvalue weighted by Crippen LogP contribution is -1.90. The molecule has 0 radical (unpaired) electrons. The summed E-state index contributed by atoms with van der Waals surface area (Å²) in [6.45, 7) is 10.6. The maximum atomic E-state index is 5.42. The highest BCUT2D eigenvalue weighted by atomic mass is 16.5. The van der Waals surface area contributed by atoms with E-state index in [9.17, 15) is 0 Å². The Morgan fingerprint density at radius 1 is 1.13 bits per heavy atom. The first-order chi connectivity index (χ1) is 10.9. The molecule has 0 spiro atoms. The number of hydrogen-bond acceptors (Lipinski definition) is 2. The second-order valence-corrected chi connectivity index (χ2v) is 6.27. The van der Waals surface area contributed by atoms with E-state index in [-0.39, 0.29) is 0 Å². The molecule has 0 saturated heterocycles. The summed E-state index contributed by atoms with van der Waals surface area (Å²) in [4.78, 5) is 8.00. The van der Waals surface area contributed by atoms with Crippen molar-refractivity contribution in [2.24, 2.45) is 10.9 Å². The summed E-state index contributed by atoms with van der Waals surface area (Å²) < 4.78 is 5.42. The smallest absolute Gasteiger partial charge is 0.121 e. The standard InChI is InChI=1S/C20H26N2O/c1-13(2)7-8-17-10-18(23-6)11-19(16(17)5)21-12-20-14(3)9-15(4)22-20/h7-13,22H,1-6H3/b8-7-,21-12?. The summed E-state index contributed by atoms with van der Waals surface area (Å²) in [5.74, 6) is 1.34. The zero-order chi connectivity index (χ0) is 17.0. The molecule has 0 aliphatic heterocycles. The Balaban J connectivity index is 2.41. The molecule has 2 aromatic rings. The summed E-state index contributed by atoms with van der Waals surface area (Å²) in [6, 6.07) is 6.15. The number of aryl methyl sites for hydroxylation is 2. The Morgan fingerprint density at radius 2 is 1.87 bits per heavy atom. The molecule has 1 aromatic heterocycles. The van der Waals surface area contributed by atoms with Crippen LogP contribution < -0.4 is 4.74 Å². The number of aliphatic imine (C=N–C) groups is 1. The van der Waals surface area contributed by atoms with Crippen LogP contribution in [-0.2, 0) is 0 Å². The molecule has 0 saturated carbocycles. The maximum Gasteiger partial charge on any atom is 0.121 e. The second kappa shape index (κ2) is 7.32. The first kappa shape index (κ1) is 17.1. The van der Waals surface area contributed by atoms with Crippen LogP contribution in [-0.4, -0.2) is 18.3 Å². The fourth-order valence-corrected chi connectivity index (χ4v) is 2.43. The van der Waals surface area contributed by atoms with E-state index in [1.54, 1.807) is 7.11 Å². The van der Waals surface area contributed by atoms with Crippen molar-refractivity contribution >= 4 is 18.0 Å². The third kappa shape index (κ3) is 4.35. The third-order valence-electron chi connectivity index (χ3n) is 3.81. The Labute approximate surface area is 139 Å². The van der Waals surface area contributed by atoms with Crippen LogP contribution >= 0.6 is 0 Å². The van der Waals surface area contributed by atoms with Crippen molar-refractivity contribution < 1.29 is 4.74 Å². The first-order valence-corrected chi connectivity index (χ1v) is 7.97. The van der Waals surface area contributed by atoms with Crippen molar-refractivity contribution in [3.05, 3.63) is 52.4 Å². The van der Waals surface area contributed by atoms with Gasteiger partial charge in [-0.05, 0) is 55.5 Å². The second-order valence-electron chi connectivity index (χ2n) is 6.27. The quantitative estimate of drug-likeness (QED) is 0.741. The fourth-order valence-electron chi connectivity index (χ4n) is 2.43. The van der Waals surface area contributed by atoms with Gasteiger partial charge in [0.1, 0.15) is 5.75 Å². The molecule has 0 fully saturated rings. The van der Waals surface area contributed by atoms with Gasteiger partial charge in [-0.3, -0.25) is 4.99 Å². The number of H-pyrrole nitrogens is 1. The maximum absolute atomic E-state index is 5.42. The van der Waals surface area contributed by atoms with Crippen molar-refractivity contribution in [1.29, 1.82) is 0 Å². The predicted octanol–water partition coefficient (Wildman–Crippen LogP) is 5.37. The summed E-state index contributed by atoms with van der Waals surface area (Å²) in [5.41, 5.74) is 6.62. The van der Waals surface area contributed by atoms with Gasteiger partial charge in [0.05, 0.1) is 24.7 Å². The van der Waals surface area contributed by atoms with Crippen LogP contribution in [0.2, 0.25) is 0 Å². The van der Waals surface area contributed by atoms with Crippen molar-refractivity contribution in [3.8, 4) is 5.75 Å². The molecular formula is C20H26N2O. The molecule has 3 heteroatoms. The molecule has 23 heavy (non-hydrogen) atoms. The first-order valence-electron chi connectivity index (χ1n) is 7.97. The number of nitrogens with one attached hydrogen (secondary N) is 1. The average Bonchev–Trinajstić information content (AvgIpc) is 2.82. The van der Waals surface area contributed by atoms with Crippen molar-refractivity contribution in [2.45, 2.75) is 34.6 Å². The van der Waals surface area contributed by atoms with Crippen LogP contribution in [0.4, 0.5) is 5.69 Å². The molecule has 0 amide bonds. The zero-order valence-electron chi connectivity index (χ0n) is 14.9. The molecule has 1 heterocycles. The molecule has 0 atom stereocenters. The summed E-state index contributed by atoms with van der Waals surface area (Å²) in [6.07, 6.45) is 6.22. The number of aromatic nitrogens is 1. The highest BCUT2D eigenvalue weighted by molar-refractivity contribution is 5.83. The van der Waals surface area contributed by atoms with E-state index in [2.05, 4.69) is 68.9 Å². The van der Waals surface area contributed by atoms with Gasteiger partial charge in [-0.2, -0.15) is 0 Å². The van der Waals surface area contributed by atoms with Gasteiger partial charge in [-0.25, -0.2) is 0 Å². The largest absolute Gasteiger partial charge is 0.497 e. The van der Waals surface area contributed by atoms with E-state index in [1.165, 1.54) is 5.56 Å². The van der Waals surface area contributed by atoms with E-state index >= 15 is 0 Å². The Bertz CT molecular complexity index is 736. The minimum Gasteiger partial charge on any atom is -0.497 e. The molecule has 0 aliphatic carbocycles. The third-order valence-corrected chi connectivity index (χ3v) is 3.81. The van der Waals surface area contributed by atoms with E-state index in [0.717, 1.165) is 34.0 Å². The van der Waals surface area contributed by atoms with Crippen LogP contribution in [0.5, 0.6) is 5.75 Å². The van der Waals surface area contributed by atoms with Gasteiger partial charge in [-0.15, -0.1) is 0 Å². The average molecular weight is 310 g/mol. The summed E-state index contributed by atoms with van der Waals surface area (Å²) in [5, 5.41) is 0. The zero-order valence-corrected chi connectivity index (χ0v) is 14.9. The SMILES string of the molecule is COc1cc(/C=C\C(C)C)c(C)c(N=Cc2[nH]c(C)cc2C)c1. The van der Waals surface area contributed by atoms with E-state index in [1.807, 2.05) is 12.3 Å². The number of allylic oxidation sites excluding steroid dienone is 1. The van der Waals surface area contributed by atoms with E-state index < -0.39 is 0 Å². The van der Waals surface area contributed by atoms with Gasteiger partial charge < -0.3 is 9.72 Å². The lowest BCUT2D eigenvalue weighted by atomic mass is 10.0. The molecule has 0 bridgehead atoms. The lowest BCUT2D eigenvalue weighted by Gasteiger charge is -2.09. The van der Waals surface area contributed by atoms with Crippen LogP contribution in [0.3, 0.4) is 0 Å². The number of hydrogen-bond donors (Lipinski definition) is 1. The number of methoxy groups -OCH3 is 1. The van der Waals surface area contributed by atoms with Crippen LogP contribution in [0, 0.1) is 26.7 Å². The minimum absolute atomic E-state index is 0.511. The van der Waals surface area contributed by atoms with Gasteiger partial charge >= 0.3 is 0 Å². The normalized spacial score (nSPS) is 12.0. The van der Waals surface area contributed by atoms with Gasteiger partial charge in [0.25, 0.3) is 0 Å². The number of nitrogens with zero attached hydrogens (tertiary/aromatic N) is 1. The molecule has 1 aromatic carbocycles.